The van der Waals surface area contributed by atoms with Crippen LogP contribution in [0.2, 0.25) is 0 Å². The molecule has 0 unspecified atom stereocenters. The van der Waals surface area contributed by atoms with E-state index < -0.39 is 9.84 Å². The van der Waals surface area contributed by atoms with Gasteiger partial charge in [-0.15, -0.1) is 0 Å². The Hall–Kier alpha value is -2.77. The van der Waals surface area contributed by atoms with Gasteiger partial charge in [0, 0.05) is 17.2 Å². The van der Waals surface area contributed by atoms with E-state index in [-0.39, 0.29) is 16.4 Å². The third-order valence-corrected chi connectivity index (χ3v) is 6.15. The van der Waals surface area contributed by atoms with Crippen molar-refractivity contribution in [2.75, 3.05) is 11.6 Å². The first kappa shape index (κ1) is 16.7. The van der Waals surface area contributed by atoms with E-state index >= 15 is 0 Å². The van der Waals surface area contributed by atoms with Gasteiger partial charge in [0.25, 0.3) is 5.91 Å². The van der Waals surface area contributed by atoms with E-state index in [4.69, 9.17) is 0 Å². The van der Waals surface area contributed by atoms with Crippen molar-refractivity contribution in [1.82, 2.24) is 4.98 Å². The normalized spacial score (nSPS) is 11.7. The third kappa shape index (κ3) is 3.07. The van der Waals surface area contributed by atoms with Gasteiger partial charge in [0.05, 0.1) is 15.1 Å². The lowest BCUT2D eigenvalue weighted by Crippen LogP contribution is -2.12. The number of anilines is 1. The molecule has 7 heteroatoms. The van der Waals surface area contributed by atoms with Crippen molar-refractivity contribution in [3.63, 3.8) is 0 Å². The van der Waals surface area contributed by atoms with Crippen molar-refractivity contribution < 1.29 is 13.2 Å². The Labute approximate surface area is 154 Å². The number of carbonyl (C=O) groups excluding carboxylic acids is 1. The molecule has 0 fully saturated rings. The van der Waals surface area contributed by atoms with Crippen LogP contribution in [0.1, 0.15) is 10.4 Å². The third-order valence-electron chi connectivity index (χ3n) is 4.02. The zero-order valence-electron chi connectivity index (χ0n) is 13.8. The molecule has 0 atom stereocenters. The van der Waals surface area contributed by atoms with Crippen LogP contribution in [-0.4, -0.2) is 25.6 Å². The van der Waals surface area contributed by atoms with Crippen LogP contribution >= 0.6 is 11.3 Å². The Morgan fingerprint density at radius 1 is 1.04 bits per heavy atom. The minimum atomic E-state index is -3.37. The summed E-state index contributed by atoms with van der Waals surface area (Å²) in [6.07, 6.45) is 1.11. The van der Waals surface area contributed by atoms with Gasteiger partial charge in [0.15, 0.2) is 15.0 Å². The second-order valence-corrected chi connectivity index (χ2v) is 8.92. The average Bonchev–Trinajstić information content (AvgIpc) is 3.04. The lowest BCUT2D eigenvalue weighted by molar-refractivity contribution is 0.102. The molecule has 5 nitrogen and oxygen atoms in total. The van der Waals surface area contributed by atoms with Crippen molar-refractivity contribution in [2.45, 2.75) is 4.90 Å². The van der Waals surface area contributed by atoms with Crippen LogP contribution in [0.3, 0.4) is 0 Å². The zero-order chi connectivity index (χ0) is 18.3. The summed E-state index contributed by atoms with van der Waals surface area (Å²) in [7, 11) is -3.37. The second-order valence-electron chi connectivity index (χ2n) is 5.91. The topological polar surface area (TPSA) is 76.1 Å². The number of benzene rings is 3. The maximum absolute atomic E-state index is 12.5. The fourth-order valence-electron chi connectivity index (χ4n) is 2.75. The number of aromatic nitrogens is 1. The highest BCUT2D eigenvalue weighted by molar-refractivity contribution is 7.90. The summed E-state index contributed by atoms with van der Waals surface area (Å²) in [6.45, 7) is 0. The van der Waals surface area contributed by atoms with Crippen LogP contribution in [0.25, 0.3) is 21.0 Å². The Morgan fingerprint density at radius 3 is 2.65 bits per heavy atom. The standard InChI is InChI=1S/C19H14N2O3S2/c1-26(23,24)14-7-4-6-13(11-14)18(22)21-19-20-16-10-9-12-5-2-3-8-15(12)17(16)25-19/h2-11H,1H3,(H,20,21,22). The van der Waals surface area contributed by atoms with Gasteiger partial charge < -0.3 is 0 Å². The van der Waals surface area contributed by atoms with Gasteiger partial charge in [0.2, 0.25) is 0 Å². The number of sulfone groups is 1. The number of hydrogen-bond donors (Lipinski definition) is 1. The lowest BCUT2D eigenvalue weighted by Gasteiger charge is -2.03. The Morgan fingerprint density at radius 2 is 1.85 bits per heavy atom. The van der Waals surface area contributed by atoms with Gasteiger partial charge in [-0.2, -0.15) is 0 Å². The largest absolute Gasteiger partial charge is 0.298 e. The summed E-state index contributed by atoms with van der Waals surface area (Å²) in [6, 6.07) is 17.9. The molecule has 0 radical (unpaired) electrons. The van der Waals surface area contributed by atoms with Crippen molar-refractivity contribution >= 4 is 53.2 Å². The van der Waals surface area contributed by atoms with Crippen LogP contribution < -0.4 is 5.32 Å². The van der Waals surface area contributed by atoms with Crippen LogP contribution in [0.5, 0.6) is 0 Å². The molecule has 1 aromatic heterocycles. The molecule has 0 saturated carbocycles. The van der Waals surface area contributed by atoms with Gasteiger partial charge >= 0.3 is 0 Å². The van der Waals surface area contributed by atoms with E-state index in [0.29, 0.717) is 5.13 Å². The molecule has 0 aliphatic rings. The molecular weight excluding hydrogens is 368 g/mol. The molecule has 0 saturated heterocycles. The lowest BCUT2D eigenvalue weighted by atomic mass is 10.1. The highest BCUT2D eigenvalue weighted by atomic mass is 32.2. The zero-order valence-corrected chi connectivity index (χ0v) is 15.4. The number of nitrogens with one attached hydrogen (secondary N) is 1. The maximum atomic E-state index is 12.5. The van der Waals surface area contributed by atoms with E-state index in [9.17, 15) is 13.2 Å². The molecule has 0 bridgehead atoms. The number of rotatable bonds is 3. The molecule has 3 aromatic carbocycles. The smallest absolute Gasteiger partial charge is 0.257 e. The predicted molar refractivity (Wildman–Crippen MR) is 105 cm³/mol. The molecule has 0 aliphatic carbocycles. The fraction of sp³-hybridized carbons (Fsp3) is 0.0526. The number of carbonyl (C=O) groups is 1. The summed E-state index contributed by atoms with van der Waals surface area (Å²) in [5.74, 6) is -0.390. The summed E-state index contributed by atoms with van der Waals surface area (Å²) < 4.78 is 24.3. The van der Waals surface area contributed by atoms with Crippen molar-refractivity contribution in [2.24, 2.45) is 0 Å². The molecule has 0 aliphatic heterocycles. The average molecular weight is 382 g/mol. The summed E-state index contributed by atoms with van der Waals surface area (Å²) in [4.78, 5) is 17.1. The van der Waals surface area contributed by atoms with E-state index in [0.717, 1.165) is 27.2 Å². The Bertz CT molecular complexity index is 1260. The minimum Gasteiger partial charge on any atom is -0.298 e. The van der Waals surface area contributed by atoms with Gasteiger partial charge in [-0.3, -0.25) is 10.1 Å². The van der Waals surface area contributed by atoms with Gasteiger partial charge in [-0.1, -0.05) is 47.7 Å². The van der Waals surface area contributed by atoms with Crippen LogP contribution in [0.4, 0.5) is 5.13 Å². The molecule has 4 rings (SSSR count). The van der Waals surface area contributed by atoms with Gasteiger partial charge in [-0.05, 0) is 29.7 Å². The van der Waals surface area contributed by atoms with Gasteiger partial charge in [-0.25, -0.2) is 13.4 Å². The molecule has 1 heterocycles. The number of nitrogens with zero attached hydrogens (tertiary/aromatic N) is 1. The molecular formula is C19H14N2O3S2. The summed E-state index contributed by atoms with van der Waals surface area (Å²) >= 11 is 1.40. The first-order valence-electron chi connectivity index (χ1n) is 7.81. The quantitative estimate of drug-likeness (QED) is 0.579. The SMILES string of the molecule is CS(=O)(=O)c1cccc(C(=O)Nc2nc3ccc4ccccc4c3s2)c1. The van der Waals surface area contributed by atoms with Crippen molar-refractivity contribution in [3.05, 3.63) is 66.2 Å². The highest BCUT2D eigenvalue weighted by Gasteiger charge is 2.14. The van der Waals surface area contributed by atoms with E-state index in [2.05, 4.69) is 10.3 Å². The Kier molecular flexibility index (Phi) is 3.97. The molecule has 4 aromatic rings. The second kappa shape index (κ2) is 6.19. The minimum absolute atomic E-state index is 0.112. The van der Waals surface area contributed by atoms with Crippen LogP contribution in [0.15, 0.2) is 65.6 Å². The fourth-order valence-corrected chi connectivity index (χ4v) is 4.41. The number of hydrogen-bond acceptors (Lipinski definition) is 5. The predicted octanol–water partition coefficient (Wildman–Crippen LogP) is 4.11. The Balaban J connectivity index is 1.69. The van der Waals surface area contributed by atoms with Crippen molar-refractivity contribution in [3.8, 4) is 0 Å². The number of amides is 1. The van der Waals surface area contributed by atoms with Crippen LogP contribution in [-0.2, 0) is 9.84 Å². The van der Waals surface area contributed by atoms with Crippen LogP contribution in [0, 0.1) is 0 Å². The molecule has 1 N–H and O–H groups in total. The number of thiazole rings is 1. The summed E-state index contributed by atoms with van der Waals surface area (Å²) in [5.41, 5.74) is 1.09. The number of fused-ring (bicyclic) bond motifs is 3. The summed E-state index contributed by atoms with van der Waals surface area (Å²) in [5, 5.41) is 5.44. The molecule has 0 spiro atoms. The first-order chi connectivity index (χ1) is 12.4. The molecule has 26 heavy (non-hydrogen) atoms. The molecule has 1 amide bonds. The maximum Gasteiger partial charge on any atom is 0.257 e. The van der Waals surface area contributed by atoms with E-state index in [1.54, 1.807) is 12.1 Å². The van der Waals surface area contributed by atoms with Crippen molar-refractivity contribution in [1.29, 1.82) is 0 Å². The first-order valence-corrected chi connectivity index (χ1v) is 10.5. The van der Waals surface area contributed by atoms with Gasteiger partial charge in [0.1, 0.15) is 0 Å². The van der Waals surface area contributed by atoms with E-state index in [1.807, 2.05) is 36.4 Å². The monoisotopic (exact) mass is 382 g/mol. The van der Waals surface area contributed by atoms with E-state index in [1.165, 1.54) is 23.5 Å². The highest BCUT2D eigenvalue weighted by Crippen LogP contribution is 2.32. The molecule has 130 valence electrons.